The van der Waals surface area contributed by atoms with Gasteiger partial charge >= 0.3 is 5.97 Å². The fraction of sp³-hybridized carbons (Fsp3) is 0.125. The quantitative estimate of drug-likeness (QED) is 0.704. The SMILES string of the molecule is CNC(=O)/C(C#N)=c1\s/c(=C/C(=O)OC)c(=O)n1-c1ccc(Br)cc1. The van der Waals surface area contributed by atoms with E-state index in [1.165, 1.54) is 18.7 Å². The van der Waals surface area contributed by atoms with E-state index in [9.17, 15) is 19.6 Å². The number of hydrogen-bond donors (Lipinski definition) is 1. The van der Waals surface area contributed by atoms with Crippen molar-refractivity contribution in [1.82, 2.24) is 9.88 Å². The van der Waals surface area contributed by atoms with Crippen LogP contribution in [0.1, 0.15) is 0 Å². The van der Waals surface area contributed by atoms with Crippen LogP contribution < -0.4 is 20.1 Å². The van der Waals surface area contributed by atoms with E-state index in [-0.39, 0.29) is 14.8 Å². The van der Waals surface area contributed by atoms with Gasteiger partial charge in [0.05, 0.1) is 12.8 Å². The summed E-state index contributed by atoms with van der Waals surface area (Å²) in [6.07, 6.45) is 1.03. The molecule has 0 unspecified atom stereocenters. The number of nitrogens with zero attached hydrogens (tertiary/aromatic N) is 2. The van der Waals surface area contributed by atoms with E-state index in [1.54, 1.807) is 24.3 Å². The van der Waals surface area contributed by atoms with Crippen LogP contribution in [0, 0.1) is 11.3 Å². The molecule has 0 saturated heterocycles. The summed E-state index contributed by atoms with van der Waals surface area (Å²) in [5.41, 5.74) is -0.290. The molecule has 25 heavy (non-hydrogen) atoms. The number of benzene rings is 1. The van der Waals surface area contributed by atoms with Crippen molar-refractivity contribution in [1.29, 1.82) is 5.26 Å². The van der Waals surface area contributed by atoms with Gasteiger partial charge in [0.25, 0.3) is 11.5 Å². The van der Waals surface area contributed by atoms with E-state index in [0.29, 0.717) is 5.69 Å². The maximum Gasteiger partial charge on any atom is 0.332 e. The number of nitriles is 1. The molecule has 2 aromatic rings. The average molecular weight is 422 g/mol. The second-order valence-corrected chi connectivity index (χ2v) is 6.57. The number of hydrogen-bond acceptors (Lipinski definition) is 6. The second kappa shape index (κ2) is 7.92. The van der Waals surface area contributed by atoms with Gasteiger partial charge in [-0.2, -0.15) is 5.26 Å². The van der Waals surface area contributed by atoms with Crippen LogP contribution in [0.3, 0.4) is 0 Å². The van der Waals surface area contributed by atoms with E-state index in [4.69, 9.17) is 0 Å². The minimum absolute atomic E-state index is 0.0569. The first-order valence-corrected chi connectivity index (χ1v) is 8.47. The Morgan fingerprint density at radius 3 is 2.52 bits per heavy atom. The van der Waals surface area contributed by atoms with Crippen molar-refractivity contribution in [2.45, 2.75) is 0 Å². The number of esters is 1. The lowest BCUT2D eigenvalue weighted by Gasteiger charge is -2.03. The highest BCUT2D eigenvalue weighted by Crippen LogP contribution is 2.12. The molecule has 0 saturated carbocycles. The Bertz CT molecular complexity index is 1050. The van der Waals surface area contributed by atoms with Gasteiger partial charge in [0, 0.05) is 17.6 Å². The summed E-state index contributed by atoms with van der Waals surface area (Å²) in [4.78, 5) is 36.2. The number of rotatable bonds is 3. The number of halogens is 1. The maximum absolute atomic E-state index is 12.7. The molecule has 128 valence electrons. The Morgan fingerprint density at radius 2 is 2.00 bits per heavy atom. The molecule has 0 aliphatic heterocycles. The van der Waals surface area contributed by atoms with Crippen LogP contribution in [0.4, 0.5) is 0 Å². The molecular weight excluding hydrogens is 410 g/mol. The zero-order chi connectivity index (χ0) is 18.6. The minimum atomic E-state index is -0.702. The zero-order valence-electron chi connectivity index (χ0n) is 13.2. The highest BCUT2D eigenvalue weighted by molar-refractivity contribution is 9.10. The van der Waals surface area contributed by atoms with E-state index in [1.807, 2.05) is 6.07 Å². The van der Waals surface area contributed by atoms with Crippen LogP contribution in [-0.2, 0) is 14.3 Å². The summed E-state index contributed by atoms with van der Waals surface area (Å²) in [5.74, 6) is -1.33. The molecule has 9 heteroatoms. The normalized spacial score (nSPS) is 12.3. The van der Waals surface area contributed by atoms with Gasteiger partial charge in [-0.25, -0.2) is 4.79 Å². The Labute approximate surface area is 154 Å². The fourth-order valence-corrected chi connectivity index (χ4v) is 3.29. The number of carbonyl (C=O) groups is 2. The van der Waals surface area contributed by atoms with E-state index >= 15 is 0 Å². The molecular formula is C16H12BrN3O4S. The molecule has 0 aliphatic rings. The molecule has 2 rings (SSSR count). The van der Waals surface area contributed by atoms with Crippen LogP contribution in [0.5, 0.6) is 0 Å². The standard InChI is InChI=1S/C16H12BrN3O4S/c1-19-14(22)11(8-18)16-20(10-5-3-9(17)4-6-10)15(23)12(25-16)7-13(21)24-2/h3-7H,1-2H3,(H,19,22)/b12-7+,16-11-. The highest BCUT2D eigenvalue weighted by atomic mass is 79.9. The summed E-state index contributed by atoms with van der Waals surface area (Å²) in [7, 11) is 2.58. The van der Waals surface area contributed by atoms with Gasteiger partial charge in [0.2, 0.25) is 0 Å². The predicted molar refractivity (Wildman–Crippen MR) is 96.4 cm³/mol. The number of aromatic nitrogens is 1. The summed E-state index contributed by atoms with van der Waals surface area (Å²) in [5, 5.41) is 11.7. The molecule has 1 heterocycles. The summed E-state index contributed by atoms with van der Waals surface area (Å²) in [6, 6.07) is 8.57. The number of carbonyl (C=O) groups excluding carboxylic acids is 2. The largest absolute Gasteiger partial charge is 0.466 e. The van der Waals surface area contributed by atoms with Crippen LogP contribution in [0.2, 0.25) is 0 Å². The van der Waals surface area contributed by atoms with Gasteiger partial charge in [0.15, 0.2) is 5.57 Å². The van der Waals surface area contributed by atoms with E-state index in [2.05, 4.69) is 26.0 Å². The molecule has 1 aromatic heterocycles. The molecule has 0 bridgehead atoms. The highest BCUT2D eigenvalue weighted by Gasteiger charge is 2.16. The van der Waals surface area contributed by atoms with Gasteiger partial charge < -0.3 is 10.1 Å². The number of thiazole rings is 1. The Kier molecular flexibility index (Phi) is 5.90. The van der Waals surface area contributed by atoms with Crippen molar-refractivity contribution in [3.8, 4) is 11.8 Å². The molecule has 0 radical (unpaired) electrons. The molecule has 1 amide bonds. The van der Waals surface area contributed by atoms with E-state index < -0.39 is 17.4 Å². The summed E-state index contributed by atoms with van der Waals surface area (Å²) >= 11 is 4.17. The number of ether oxygens (including phenoxy) is 1. The van der Waals surface area contributed by atoms with Crippen LogP contribution in [-0.4, -0.2) is 30.6 Å². The molecule has 0 spiro atoms. The van der Waals surface area contributed by atoms with Crippen molar-refractivity contribution >= 4 is 50.8 Å². The van der Waals surface area contributed by atoms with Crippen molar-refractivity contribution in [2.24, 2.45) is 0 Å². The van der Waals surface area contributed by atoms with Crippen molar-refractivity contribution in [2.75, 3.05) is 14.2 Å². The third-order valence-electron chi connectivity index (χ3n) is 3.14. The second-order valence-electron chi connectivity index (χ2n) is 4.62. The number of methoxy groups -OCH3 is 1. The van der Waals surface area contributed by atoms with Crippen molar-refractivity contribution in [3.63, 3.8) is 0 Å². The fourth-order valence-electron chi connectivity index (χ4n) is 1.96. The van der Waals surface area contributed by atoms with Crippen molar-refractivity contribution in [3.05, 3.63) is 48.3 Å². The average Bonchev–Trinajstić information content (AvgIpc) is 2.92. The first kappa shape index (κ1) is 18.6. The monoisotopic (exact) mass is 421 g/mol. The summed E-state index contributed by atoms with van der Waals surface area (Å²) in [6.45, 7) is 0. The molecule has 7 nitrogen and oxygen atoms in total. The van der Waals surface area contributed by atoms with Gasteiger partial charge in [-0.15, -0.1) is 11.3 Å². The third-order valence-corrected chi connectivity index (χ3v) is 4.76. The molecule has 0 fully saturated rings. The Balaban J connectivity index is 2.97. The molecule has 1 N–H and O–H groups in total. The Morgan fingerprint density at radius 1 is 1.36 bits per heavy atom. The van der Waals surface area contributed by atoms with Crippen molar-refractivity contribution < 1.29 is 14.3 Å². The van der Waals surface area contributed by atoms with Crippen LogP contribution in [0.15, 0.2) is 33.5 Å². The maximum atomic E-state index is 12.7. The van der Waals surface area contributed by atoms with Gasteiger partial charge in [-0.1, -0.05) is 15.9 Å². The third kappa shape index (κ3) is 3.87. The van der Waals surface area contributed by atoms with Gasteiger partial charge in [0.1, 0.15) is 15.3 Å². The van der Waals surface area contributed by atoms with E-state index in [0.717, 1.165) is 21.9 Å². The minimum Gasteiger partial charge on any atom is -0.466 e. The number of nitrogens with one attached hydrogen (secondary N) is 1. The zero-order valence-corrected chi connectivity index (χ0v) is 15.6. The lowest BCUT2D eigenvalue weighted by Crippen LogP contribution is -2.33. The molecule has 0 atom stereocenters. The van der Waals surface area contributed by atoms with Crippen LogP contribution >= 0.6 is 27.3 Å². The molecule has 1 aromatic carbocycles. The van der Waals surface area contributed by atoms with Gasteiger partial charge in [-0.3, -0.25) is 14.2 Å². The smallest absolute Gasteiger partial charge is 0.332 e. The lowest BCUT2D eigenvalue weighted by atomic mass is 10.3. The predicted octanol–water partition coefficient (Wildman–Crippen LogP) is 0.0353. The topological polar surface area (TPSA) is 101 Å². The van der Waals surface area contributed by atoms with Gasteiger partial charge in [-0.05, 0) is 24.3 Å². The first-order valence-electron chi connectivity index (χ1n) is 6.87. The first-order chi connectivity index (χ1) is 11.9. The number of amides is 1. The Hall–Kier alpha value is -2.70. The lowest BCUT2D eigenvalue weighted by molar-refractivity contribution is -0.133. The molecule has 0 aliphatic carbocycles. The van der Waals surface area contributed by atoms with Crippen LogP contribution in [0.25, 0.3) is 17.3 Å². The summed E-state index contributed by atoms with van der Waals surface area (Å²) < 4.78 is 6.75.